The Morgan fingerprint density at radius 3 is 1.97 bits per heavy atom. The van der Waals surface area contributed by atoms with Crippen molar-refractivity contribution in [2.45, 2.75) is 17.4 Å². The number of hydrogen-bond donors (Lipinski definition) is 0. The first-order valence-corrected chi connectivity index (χ1v) is 12.0. The molecule has 0 bridgehead atoms. The molecule has 8 nitrogen and oxygen atoms in total. The molecule has 3 aromatic rings. The Hall–Kier alpha value is -3.72. The molecule has 4 rings (SSSR count). The molecule has 0 saturated heterocycles. The summed E-state index contributed by atoms with van der Waals surface area (Å²) in [6, 6.07) is 18.5. The molecule has 0 aliphatic carbocycles. The number of benzene rings is 3. The van der Waals surface area contributed by atoms with Gasteiger partial charge in [-0.3, -0.25) is 0 Å². The summed E-state index contributed by atoms with van der Waals surface area (Å²) in [6.07, 6.45) is 0.358. The van der Waals surface area contributed by atoms with Crippen LogP contribution < -0.4 is 18.9 Å². The lowest BCUT2D eigenvalue weighted by Crippen LogP contribution is -2.27. The van der Waals surface area contributed by atoms with Gasteiger partial charge in [-0.1, -0.05) is 18.2 Å². The minimum atomic E-state index is -3.94. The third kappa shape index (κ3) is 4.26. The summed E-state index contributed by atoms with van der Waals surface area (Å²) < 4.78 is 50.1. The second kappa shape index (κ2) is 9.64. The van der Waals surface area contributed by atoms with E-state index < -0.39 is 16.1 Å². The Labute approximate surface area is 199 Å². The maximum atomic E-state index is 13.6. The summed E-state index contributed by atoms with van der Waals surface area (Å²) in [5.74, 6) is 2.01. The zero-order valence-corrected chi connectivity index (χ0v) is 20.2. The molecule has 0 N–H and O–H groups in total. The zero-order valence-electron chi connectivity index (χ0n) is 19.4. The standard InChI is InChI=1S/C25H26N2O6S/c1-30-19-12-10-17(11-13-19)21-16-22(18-14-23(31-2)25(33-4)24(15-18)32-3)27(26-21)34(28,29)20-8-6-5-7-9-20/h5-15,22H,16H2,1-4H3. The molecule has 1 unspecified atom stereocenters. The molecule has 1 atom stereocenters. The Balaban J connectivity index is 1.84. The summed E-state index contributed by atoms with van der Waals surface area (Å²) in [4.78, 5) is 0.159. The van der Waals surface area contributed by atoms with Crippen LogP contribution in [0.4, 0.5) is 0 Å². The van der Waals surface area contributed by atoms with Crippen molar-refractivity contribution in [1.82, 2.24) is 4.41 Å². The predicted octanol–water partition coefficient (Wildman–Crippen LogP) is 4.26. The van der Waals surface area contributed by atoms with Gasteiger partial charge in [-0.15, -0.1) is 0 Å². The van der Waals surface area contributed by atoms with E-state index in [2.05, 4.69) is 5.10 Å². The predicted molar refractivity (Wildman–Crippen MR) is 128 cm³/mol. The van der Waals surface area contributed by atoms with Gasteiger partial charge in [0.15, 0.2) is 11.5 Å². The number of rotatable bonds is 8. The lowest BCUT2D eigenvalue weighted by Gasteiger charge is -2.24. The van der Waals surface area contributed by atoms with Crippen LogP contribution in [0, 0.1) is 0 Å². The number of nitrogens with zero attached hydrogens (tertiary/aromatic N) is 2. The Bertz CT molecular complexity index is 1270. The van der Waals surface area contributed by atoms with E-state index in [-0.39, 0.29) is 4.90 Å². The number of hydrogen-bond acceptors (Lipinski definition) is 7. The van der Waals surface area contributed by atoms with Crippen LogP contribution >= 0.6 is 0 Å². The normalized spacial score (nSPS) is 15.6. The van der Waals surface area contributed by atoms with Crippen molar-refractivity contribution in [2.24, 2.45) is 5.10 Å². The van der Waals surface area contributed by atoms with E-state index in [0.29, 0.717) is 40.7 Å². The van der Waals surface area contributed by atoms with Crippen molar-refractivity contribution in [3.8, 4) is 23.0 Å². The molecular formula is C25H26N2O6S. The second-order valence-corrected chi connectivity index (χ2v) is 9.34. The molecule has 0 spiro atoms. The van der Waals surface area contributed by atoms with E-state index in [0.717, 1.165) is 5.56 Å². The van der Waals surface area contributed by atoms with Crippen LogP contribution in [0.15, 0.2) is 76.7 Å². The van der Waals surface area contributed by atoms with Gasteiger partial charge < -0.3 is 18.9 Å². The van der Waals surface area contributed by atoms with Crippen LogP contribution in [-0.4, -0.2) is 47.0 Å². The summed E-state index contributed by atoms with van der Waals surface area (Å²) in [5.41, 5.74) is 2.12. The van der Waals surface area contributed by atoms with E-state index in [4.69, 9.17) is 18.9 Å². The summed E-state index contributed by atoms with van der Waals surface area (Å²) in [6.45, 7) is 0. The van der Waals surface area contributed by atoms with Gasteiger partial charge in [0.1, 0.15) is 5.75 Å². The van der Waals surface area contributed by atoms with Crippen molar-refractivity contribution in [3.05, 3.63) is 77.9 Å². The van der Waals surface area contributed by atoms with Crippen LogP contribution in [0.2, 0.25) is 0 Å². The molecule has 34 heavy (non-hydrogen) atoms. The summed E-state index contributed by atoms with van der Waals surface area (Å²) >= 11 is 0. The topological polar surface area (TPSA) is 86.7 Å². The van der Waals surface area contributed by atoms with Crippen molar-refractivity contribution in [2.75, 3.05) is 28.4 Å². The highest BCUT2D eigenvalue weighted by Gasteiger charge is 2.38. The van der Waals surface area contributed by atoms with Gasteiger partial charge in [0, 0.05) is 6.42 Å². The van der Waals surface area contributed by atoms with Crippen LogP contribution in [-0.2, 0) is 10.0 Å². The monoisotopic (exact) mass is 482 g/mol. The largest absolute Gasteiger partial charge is 0.497 e. The van der Waals surface area contributed by atoms with Gasteiger partial charge in [0.05, 0.1) is 45.1 Å². The van der Waals surface area contributed by atoms with E-state index in [1.807, 2.05) is 24.3 Å². The fourth-order valence-corrected chi connectivity index (χ4v) is 5.36. The quantitative estimate of drug-likeness (QED) is 0.477. The van der Waals surface area contributed by atoms with Crippen molar-refractivity contribution in [1.29, 1.82) is 0 Å². The van der Waals surface area contributed by atoms with Crippen LogP contribution in [0.5, 0.6) is 23.0 Å². The minimum absolute atomic E-state index is 0.159. The van der Waals surface area contributed by atoms with Crippen LogP contribution in [0.1, 0.15) is 23.6 Å². The van der Waals surface area contributed by atoms with E-state index in [1.54, 1.807) is 49.6 Å². The Kier molecular flexibility index (Phi) is 6.65. The van der Waals surface area contributed by atoms with Crippen molar-refractivity contribution < 1.29 is 27.4 Å². The first kappa shape index (κ1) is 23.4. The number of hydrazone groups is 1. The molecular weight excluding hydrogens is 456 g/mol. The fourth-order valence-electron chi connectivity index (χ4n) is 3.91. The minimum Gasteiger partial charge on any atom is -0.497 e. The molecule has 178 valence electrons. The second-order valence-electron chi connectivity index (χ2n) is 7.54. The molecule has 0 saturated carbocycles. The Morgan fingerprint density at radius 2 is 1.44 bits per heavy atom. The number of sulfonamides is 1. The zero-order chi connectivity index (χ0) is 24.3. The first-order valence-electron chi connectivity index (χ1n) is 10.5. The average Bonchev–Trinajstić information content (AvgIpc) is 3.35. The average molecular weight is 483 g/mol. The molecule has 9 heteroatoms. The molecule has 0 amide bonds. The maximum absolute atomic E-state index is 13.6. The van der Waals surface area contributed by atoms with Gasteiger partial charge in [-0.2, -0.15) is 17.9 Å². The molecule has 1 aliphatic heterocycles. The van der Waals surface area contributed by atoms with Gasteiger partial charge in [-0.05, 0) is 59.7 Å². The molecule has 1 aliphatic rings. The lowest BCUT2D eigenvalue weighted by atomic mass is 9.98. The van der Waals surface area contributed by atoms with Crippen LogP contribution in [0.3, 0.4) is 0 Å². The third-order valence-corrected chi connectivity index (χ3v) is 7.35. The summed E-state index contributed by atoms with van der Waals surface area (Å²) in [7, 11) is 2.22. The SMILES string of the molecule is COc1ccc(C2=NN(S(=O)(=O)c3ccccc3)C(c3cc(OC)c(OC)c(OC)c3)C2)cc1. The van der Waals surface area contributed by atoms with Gasteiger partial charge in [0.2, 0.25) is 5.75 Å². The smallest absolute Gasteiger partial charge is 0.279 e. The van der Waals surface area contributed by atoms with Gasteiger partial charge >= 0.3 is 0 Å². The highest BCUT2D eigenvalue weighted by atomic mass is 32.2. The fraction of sp³-hybridized carbons (Fsp3) is 0.240. The number of methoxy groups -OCH3 is 4. The van der Waals surface area contributed by atoms with E-state index in [9.17, 15) is 8.42 Å². The van der Waals surface area contributed by atoms with Crippen LogP contribution in [0.25, 0.3) is 0 Å². The molecule has 1 heterocycles. The highest BCUT2D eigenvalue weighted by Crippen LogP contribution is 2.44. The maximum Gasteiger partial charge on any atom is 0.279 e. The third-order valence-electron chi connectivity index (χ3n) is 5.65. The molecule has 0 radical (unpaired) electrons. The van der Waals surface area contributed by atoms with Crippen molar-refractivity contribution in [3.63, 3.8) is 0 Å². The highest BCUT2D eigenvalue weighted by molar-refractivity contribution is 7.89. The Morgan fingerprint density at radius 1 is 0.824 bits per heavy atom. The molecule has 0 fully saturated rings. The molecule has 0 aromatic heterocycles. The van der Waals surface area contributed by atoms with Gasteiger partial charge in [0.25, 0.3) is 10.0 Å². The van der Waals surface area contributed by atoms with E-state index >= 15 is 0 Å². The summed E-state index contributed by atoms with van der Waals surface area (Å²) in [5, 5.41) is 4.58. The van der Waals surface area contributed by atoms with Crippen molar-refractivity contribution >= 4 is 15.7 Å². The van der Waals surface area contributed by atoms with Gasteiger partial charge in [-0.25, -0.2) is 0 Å². The number of ether oxygens (including phenoxy) is 4. The lowest BCUT2D eigenvalue weighted by molar-refractivity contribution is 0.319. The molecule has 3 aromatic carbocycles. The van der Waals surface area contributed by atoms with E-state index in [1.165, 1.54) is 25.7 Å². The first-order chi connectivity index (χ1) is 16.4.